The lowest BCUT2D eigenvalue weighted by molar-refractivity contribution is 0.112. The fourth-order valence-corrected chi connectivity index (χ4v) is 2.90. The summed E-state index contributed by atoms with van der Waals surface area (Å²) in [5.74, 6) is 0.778. The van der Waals surface area contributed by atoms with Crippen LogP contribution < -0.4 is 4.74 Å². The third kappa shape index (κ3) is 1.53. The molecule has 0 amide bonds. The summed E-state index contributed by atoms with van der Waals surface area (Å²) in [5, 5.41) is 2.05. The van der Waals surface area contributed by atoms with E-state index < -0.39 is 0 Å². The lowest BCUT2D eigenvalue weighted by atomic mass is 10.1. The van der Waals surface area contributed by atoms with Crippen LogP contribution in [0.4, 0.5) is 0 Å². The second-order valence-corrected chi connectivity index (χ2v) is 4.85. The van der Waals surface area contributed by atoms with Crippen molar-refractivity contribution >= 4 is 44.0 Å². The van der Waals surface area contributed by atoms with Crippen LogP contribution in [0.5, 0.6) is 5.75 Å². The Morgan fingerprint density at radius 1 is 1.22 bits per heavy atom. The molecule has 3 aromatic rings. The molecule has 1 N–H and O–H groups in total. The van der Waals surface area contributed by atoms with Gasteiger partial charge in [-0.15, -0.1) is 0 Å². The second kappa shape index (κ2) is 4.14. The lowest BCUT2D eigenvalue weighted by Crippen LogP contribution is -1.84. The van der Waals surface area contributed by atoms with E-state index in [-0.39, 0.29) is 0 Å². The Bertz CT molecular complexity index is 761. The largest absolute Gasteiger partial charge is 0.496 e. The Morgan fingerprint density at radius 2 is 2.00 bits per heavy atom. The normalized spacial score (nSPS) is 11.0. The summed E-state index contributed by atoms with van der Waals surface area (Å²) in [6, 6.07) is 9.47. The molecule has 1 aromatic heterocycles. The zero-order chi connectivity index (χ0) is 12.7. The zero-order valence-corrected chi connectivity index (χ0v) is 11.2. The Hall–Kier alpha value is -1.81. The van der Waals surface area contributed by atoms with Crippen LogP contribution in [0.25, 0.3) is 21.8 Å². The molecule has 0 spiro atoms. The van der Waals surface area contributed by atoms with E-state index in [0.29, 0.717) is 5.56 Å². The number of hydrogen-bond donors (Lipinski definition) is 1. The second-order valence-electron chi connectivity index (χ2n) is 4.05. The number of rotatable bonds is 2. The van der Waals surface area contributed by atoms with Gasteiger partial charge in [0.1, 0.15) is 12.0 Å². The van der Waals surface area contributed by atoms with Gasteiger partial charge in [-0.1, -0.05) is 0 Å². The lowest BCUT2D eigenvalue weighted by Gasteiger charge is -2.03. The van der Waals surface area contributed by atoms with Crippen LogP contribution >= 0.6 is 15.9 Å². The van der Waals surface area contributed by atoms with Gasteiger partial charge in [-0.25, -0.2) is 0 Å². The first-order valence-electron chi connectivity index (χ1n) is 5.47. The van der Waals surface area contributed by atoms with Gasteiger partial charge in [0.2, 0.25) is 0 Å². The smallest absolute Gasteiger partial charge is 0.150 e. The minimum atomic E-state index is 0.665. The van der Waals surface area contributed by atoms with Gasteiger partial charge in [0.05, 0.1) is 11.6 Å². The van der Waals surface area contributed by atoms with Gasteiger partial charge < -0.3 is 9.72 Å². The quantitative estimate of drug-likeness (QED) is 0.729. The number of nitrogens with one attached hydrogen (secondary N) is 1. The summed E-state index contributed by atoms with van der Waals surface area (Å²) in [4.78, 5) is 14.2. The molecule has 0 bridgehead atoms. The number of aromatic nitrogens is 1. The van der Waals surface area contributed by atoms with E-state index in [0.717, 1.165) is 38.3 Å². The molecular weight excluding hydrogens is 294 g/mol. The van der Waals surface area contributed by atoms with Crippen LogP contribution in [0.2, 0.25) is 0 Å². The molecule has 0 unspecified atom stereocenters. The van der Waals surface area contributed by atoms with E-state index in [4.69, 9.17) is 4.74 Å². The maximum absolute atomic E-state index is 10.9. The SMILES string of the molecule is COc1ccc2[nH]c3ccc(C=O)cc3c2c1Br. The first kappa shape index (κ1) is 11.3. The van der Waals surface area contributed by atoms with Crippen LogP contribution in [0.3, 0.4) is 0 Å². The third-order valence-corrected chi connectivity index (χ3v) is 3.83. The number of H-pyrrole nitrogens is 1. The van der Waals surface area contributed by atoms with E-state index in [1.165, 1.54) is 0 Å². The predicted octanol–water partition coefficient (Wildman–Crippen LogP) is 3.90. The monoisotopic (exact) mass is 303 g/mol. The molecular formula is C14H10BrNO2. The van der Waals surface area contributed by atoms with Crippen molar-refractivity contribution in [3.63, 3.8) is 0 Å². The number of hydrogen-bond acceptors (Lipinski definition) is 2. The summed E-state index contributed by atoms with van der Waals surface area (Å²) in [6.07, 6.45) is 0.854. The third-order valence-electron chi connectivity index (χ3n) is 3.04. The summed E-state index contributed by atoms with van der Waals surface area (Å²) in [7, 11) is 1.64. The summed E-state index contributed by atoms with van der Waals surface area (Å²) < 4.78 is 6.20. The van der Waals surface area contributed by atoms with Crippen LogP contribution in [0.15, 0.2) is 34.8 Å². The topological polar surface area (TPSA) is 42.1 Å². The van der Waals surface area contributed by atoms with Crippen LogP contribution in [-0.4, -0.2) is 18.4 Å². The first-order chi connectivity index (χ1) is 8.74. The van der Waals surface area contributed by atoms with Gasteiger partial charge >= 0.3 is 0 Å². The molecule has 4 heteroatoms. The molecule has 0 fully saturated rings. The van der Waals surface area contributed by atoms with Gasteiger partial charge in [-0.3, -0.25) is 4.79 Å². The Kier molecular flexibility index (Phi) is 2.59. The molecule has 0 saturated heterocycles. The number of benzene rings is 2. The number of aldehydes is 1. The summed E-state index contributed by atoms with van der Waals surface area (Å²) in [6.45, 7) is 0. The van der Waals surface area contributed by atoms with Crippen molar-refractivity contribution in [1.82, 2.24) is 4.98 Å². The molecule has 1 heterocycles. The average molecular weight is 304 g/mol. The van der Waals surface area contributed by atoms with Crippen LogP contribution in [0, 0.1) is 0 Å². The summed E-state index contributed by atoms with van der Waals surface area (Å²) in [5.41, 5.74) is 2.68. The van der Waals surface area contributed by atoms with Crippen molar-refractivity contribution in [3.05, 3.63) is 40.4 Å². The minimum absolute atomic E-state index is 0.665. The van der Waals surface area contributed by atoms with Crippen molar-refractivity contribution in [2.75, 3.05) is 7.11 Å². The van der Waals surface area contributed by atoms with E-state index >= 15 is 0 Å². The highest BCUT2D eigenvalue weighted by Gasteiger charge is 2.11. The molecule has 3 nitrogen and oxygen atoms in total. The standard InChI is InChI=1S/C14H10BrNO2/c1-18-12-5-4-11-13(14(12)15)9-6-8(7-17)2-3-10(9)16-11/h2-7,16H,1H3. The van der Waals surface area contributed by atoms with E-state index in [1.807, 2.05) is 24.3 Å². The van der Waals surface area contributed by atoms with Crippen LogP contribution in [0.1, 0.15) is 10.4 Å². The molecule has 0 aliphatic rings. The number of methoxy groups -OCH3 is 1. The molecule has 90 valence electrons. The highest BCUT2D eigenvalue weighted by atomic mass is 79.9. The number of fused-ring (bicyclic) bond motifs is 3. The van der Waals surface area contributed by atoms with E-state index in [9.17, 15) is 4.79 Å². The number of halogens is 1. The van der Waals surface area contributed by atoms with Gasteiger partial charge in [0.15, 0.2) is 0 Å². The van der Waals surface area contributed by atoms with Crippen molar-refractivity contribution in [1.29, 1.82) is 0 Å². The Balaban J connectivity index is 2.48. The zero-order valence-electron chi connectivity index (χ0n) is 9.66. The van der Waals surface area contributed by atoms with Crippen molar-refractivity contribution in [3.8, 4) is 5.75 Å². The van der Waals surface area contributed by atoms with Crippen LogP contribution in [-0.2, 0) is 0 Å². The highest BCUT2D eigenvalue weighted by molar-refractivity contribution is 9.10. The van der Waals surface area contributed by atoms with Gasteiger partial charge in [-0.2, -0.15) is 0 Å². The average Bonchev–Trinajstić information content (AvgIpc) is 2.77. The highest BCUT2D eigenvalue weighted by Crippen LogP contribution is 2.37. The minimum Gasteiger partial charge on any atom is -0.496 e. The number of carbonyl (C=O) groups is 1. The molecule has 0 atom stereocenters. The fourth-order valence-electron chi connectivity index (χ4n) is 2.18. The maximum Gasteiger partial charge on any atom is 0.150 e. The van der Waals surface area contributed by atoms with Crippen molar-refractivity contribution in [2.45, 2.75) is 0 Å². The molecule has 0 aliphatic heterocycles. The first-order valence-corrected chi connectivity index (χ1v) is 6.27. The van der Waals surface area contributed by atoms with Crippen molar-refractivity contribution in [2.24, 2.45) is 0 Å². The molecule has 18 heavy (non-hydrogen) atoms. The number of aromatic amines is 1. The van der Waals surface area contributed by atoms with Gasteiger partial charge in [0, 0.05) is 27.4 Å². The number of carbonyl (C=O) groups excluding carboxylic acids is 1. The maximum atomic E-state index is 10.9. The van der Waals surface area contributed by atoms with E-state index in [1.54, 1.807) is 13.2 Å². The molecule has 0 radical (unpaired) electrons. The molecule has 0 aliphatic carbocycles. The Morgan fingerprint density at radius 3 is 2.72 bits per heavy atom. The molecule has 2 aromatic carbocycles. The van der Waals surface area contributed by atoms with Gasteiger partial charge in [0.25, 0.3) is 0 Å². The molecule has 3 rings (SSSR count). The Labute approximate surface area is 112 Å². The number of ether oxygens (including phenoxy) is 1. The molecule has 0 saturated carbocycles. The summed E-state index contributed by atoms with van der Waals surface area (Å²) >= 11 is 3.56. The van der Waals surface area contributed by atoms with Crippen molar-refractivity contribution < 1.29 is 9.53 Å². The predicted molar refractivity (Wildman–Crippen MR) is 75.4 cm³/mol. The van der Waals surface area contributed by atoms with E-state index in [2.05, 4.69) is 20.9 Å². The van der Waals surface area contributed by atoms with Gasteiger partial charge in [-0.05, 0) is 46.3 Å². The fraction of sp³-hybridized carbons (Fsp3) is 0.0714.